The van der Waals surface area contributed by atoms with E-state index in [2.05, 4.69) is 4.98 Å². The van der Waals surface area contributed by atoms with Gasteiger partial charge in [-0.25, -0.2) is 0 Å². The van der Waals surface area contributed by atoms with Crippen LogP contribution in [-0.4, -0.2) is 15.8 Å². The number of hydrogen-bond donors (Lipinski definition) is 0. The van der Waals surface area contributed by atoms with Crippen LogP contribution in [0.3, 0.4) is 0 Å². The Morgan fingerprint density at radius 3 is 2.71 bits per heavy atom. The molecule has 0 spiro atoms. The van der Waals surface area contributed by atoms with Crippen molar-refractivity contribution in [1.82, 2.24) is 4.98 Å². The molecule has 0 bridgehead atoms. The number of thiocarbonyl (C=S) groups is 1. The summed E-state index contributed by atoms with van der Waals surface area (Å²) in [6.07, 6.45) is 7.10. The molecular weight excluding hydrogens is 196 g/mol. The number of aromatic nitrogens is 1. The number of carbonyl (C=O) groups is 1. The van der Waals surface area contributed by atoms with Gasteiger partial charge in [0.2, 0.25) is 5.91 Å². The highest BCUT2D eigenvalue weighted by atomic mass is 32.1. The zero-order valence-corrected chi connectivity index (χ0v) is 8.20. The highest BCUT2D eigenvalue weighted by molar-refractivity contribution is 7.80. The van der Waals surface area contributed by atoms with Crippen LogP contribution in [0.25, 0.3) is 0 Å². The zero-order chi connectivity index (χ0) is 9.97. The van der Waals surface area contributed by atoms with Gasteiger partial charge in [0.1, 0.15) is 0 Å². The molecule has 0 fully saturated rings. The van der Waals surface area contributed by atoms with Crippen LogP contribution in [0.1, 0.15) is 6.42 Å². The molecule has 4 heteroatoms. The molecule has 0 aromatic carbocycles. The van der Waals surface area contributed by atoms with Crippen molar-refractivity contribution in [3.8, 4) is 0 Å². The lowest BCUT2D eigenvalue weighted by Gasteiger charge is -2.21. The van der Waals surface area contributed by atoms with E-state index in [0.29, 0.717) is 11.3 Å². The second kappa shape index (κ2) is 3.67. The molecule has 1 aromatic rings. The van der Waals surface area contributed by atoms with Gasteiger partial charge in [-0.3, -0.25) is 14.7 Å². The van der Waals surface area contributed by atoms with Gasteiger partial charge < -0.3 is 0 Å². The SMILES string of the molecule is O=C1CC(=S)C=CN1c1ccncc1. The van der Waals surface area contributed by atoms with Crippen LogP contribution < -0.4 is 4.90 Å². The first kappa shape index (κ1) is 9.02. The average molecular weight is 204 g/mol. The third kappa shape index (κ3) is 1.70. The van der Waals surface area contributed by atoms with Crippen molar-refractivity contribution in [2.24, 2.45) is 0 Å². The Hall–Kier alpha value is -1.55. The fraction of sp³-hybridized carbons (Fsp3) is 0.100. The van der Waals surface area contributed by atoms with E-state index >= 15 is 0 Å². The summed E-state index contributed by atoms with van der Waals surface area (Å²) in [5.74, 6) is 0.00343. The highest BCUT2D eigenvalue weighted by Crippen LogP contribution is 2.17. The first-order valence-electron chi connectivity index (χ1n) is 4.20. The molecule has 0 radical (unpaired) electrons. The lowest BCUT2D eigenvalue weighted by molar-refractivity contribution is -0.116. The monoisotopic (exact) mass is 204 g/mol. The summed E-state index contributed by atoms with van der Waals surface area (Å²) in [4.78, 5) is 17.7. The van der Waals surface area contributed by atoms with Crippen molar-refractivity contribution < 1.29 is 4.79 Å². The number of carbonyl (C=O) groups excluding carboxylic acids is 1. The van der Waals surface area contributed by atoms with E-state index < -0.39 is 0 Å². The molecule has 1 amide bonds. The molecule has 0 saturated heterocycles. The summed E-state index contributed by atoms with van der Waals surface area (Å²) in [5.41, 5.74) is 0.823. The first-order chi connectivity index (χ1) is 6.77. The van der Waals surface area contributed by atoms with Crippen LogP contribution >= 0.6 is 12.2 Å². The summed E-state index contributed by atoms with van der Waals surface area (Å²) in [6, 6.07) is 3.58. The Balaban J connectivity index is 2.32. The van der Waals surface area contributed by atoms with Crippen molar-refractivity contribution in [3.05, 3.63) is 36.8 Å². The Bertz CT molecular complexity index is 400. The number of hydrogen-bond acceptors (Lipinski definition) is 3. The minimum atomic E-state index is 0.00343. The Morgan fingerprint density at radius 1 is 1.36 bits per heavy atom. The highest BCUT2D eigenvalue weighted by Gasteiger charge is 2.17. The van der Waals surface area contributed by atoms with Gasteiger partial charge in [0, 0.05) is 23.5 Å². The van der Waals surface area contributed by atoms with E-state index in [-0.39, 0.29) is 5.91 Å². The third-order valence-electron chi connectivity index (χ3n) is 1.94. The number of allylic oxidation sites excluding steroid dienone is 1. The summed E-state index contributed by atoms with van der Waals surface area (Å²) < 4.78 is 0. The van der Waals surface area contributed by atoms with Crippen molar-refractivity contribution in [3.63, 3.8) is 0 Å². The fourth-order valence-electron chi connectivity index (χ4n) is 1.27. The number of amides is 1. The van der Waals surface area contributed by atoms with E-state index in [1.807, 2.05) is 0 Å². The molecule has 1 aromatic heterocycles. The van der Waals surface area contributed by atoms with E-state index in [1.54, 1.807) is 41.7 Å². The van der Waals surface area contributed by atoms with Gasteiger partial charge in [-0.2, -0.15) is 0 Å². The maximum atomic E-state index is 11.6. The standard InChI is InChI=1S/C10H8N2OS/c13-10-7-9(14)3-6-12(10)8-1-4-11-5-2-8/h1-6H,7H2. The average Bonchev–Trinajstić information content (AvgIpc) is 2.19. The molecule has 14 heavy (non-hydrogen) atoms. The molecule has 1 aliphatic heterocycles. The third-order valence-corrected chi connectivity index (χ3v) is 2.22. The van der Waals surface area contributed by atoms with E-state index in [9.17, 15) is 4.79 Å². The van der Waals surface area contributed by atoms with Crippen molar-refractivity contribution >= 4 is 28.7 Å². The minimum Gasteiger partial charge on any atom is -0.287 e. The number of rotatable bonds is 1. The summed E-state index contributed by atoms with van der Waals surface area (Å²) in [6.45, 7) is 0. The topological polar surface area (TPSA) is 33.2 Å². The van der Waals surface area contributed by atoms with E-state index in [1.165, 1.54) is 0 Å². The second-order valence-corrected chi connectivity index (χ2v) is 3.45. The molecule has 0 N–H and O–H groups in total. The Morgan fingerprint density at radius 2 is 2.07 bits per heavy atom. The van der Waals surface area contributed by atoms with Gasteiger partial charge >= 0.3 is 0 Å². The normalized spacial score (nSPS) is 16.1. The van der Waals surface area contributed by atoms with Crippen molar-refractivity contribution in [1.29, 1.82) is 0 Å². The molecule has 2 rings (SSSR count). The molecule has 70 valence electrons. The van der Waals surface area contributed by atoms with Gasteiger partial charge in [0.05, 0.1) is 12.1 Å². The number of nitrogens with zero attached hydrogens (tertiary/aromatic N) is 2. The second-order valence-electron chi connectivity index (χ2n) is 2.93. The molecule has 0 saturated carbocycles. The maximum Gasteiger partial charge on any atom is 0.236 e. The molecule has 3 nitrogen and oxygen atoms in total. The molecular formula is C10H8N2OS. The van der Waals surface area contributed by atoms with Crippen LogP contribution in [0.2, 0.25) is 0 Å². The van der Waals surface area contributed by atoms with Crippen molar-refractivity contribution in [2.45, 2.75) is 6.42 Å². The number of anilines is 1. The van der Waals surface area contributed by atoms with E-state index in [0.717, 1.165) is 5.69 Å². The smallest absolute Gasteiger partial charge is 0.236 e. The maximum absolute atomic E-state index is 11.6. The lowest BCUT2D eigenvalue weighted by Crippen LogP contribution is -2.30. The van der Waals surface area contributed by atoms with Gasteiger partial charge in [0.25, 0.3) is 0 Å². The molecule has 0 aliphatic carbocycles. The van der Waals surface area contributed by atoms with Crippen molar-refractivity contribution in [2.75, 3.05) is 4.90 Å². The van der Waals surface area contributed by atoms with Crippen LogP contribution in [0.5, 0.6) is 0 Å². The largest absolute Gasteiger partial charge is 0.287 e. The molecule has 2 heterocycles. The fourth-order valence-corrected chi connectivity index (χ4v) is 1.45. The van der Waals surface area contributed by atoms with Gasteiger partial charge in [-0.05, 0) is 18.2 Å². The van der Waals surface area contributed by atoms with Gasteiger partial charge in [0.15, 0.2) is 0 Å². The summed E-state index contributed by atoms with van der Waals surface area (Å²) in [5, 5.41) is 0. The van der Waals surface area contributed by atoms with Gasteiger partial charge in [-0.1, -0.05) is 12.2 Å². The lowest BCUT2D eigenvalue weighted by atomic mass is 10.2. The molecule has 0 unspecified atom stereocenters. The van der Waals surface area contributed by atoms with Crippen LogP contribution in [0.15, 0.2) is 36.8 Å². The van der Waals surface area contributed by atoms with Crippen LogP contribution in [0.4, 0.5) is 5.69 Å². The molecule has 0 atom stereocenters. The predicted molar refractivity (Wildman–Crippen MR) is 58.1 cm³/mol. The molecule has 1 aliphatic rings. The van der Waals surface area contributed by atoms with Gasteiger partial charge in [-0.15, -0.1) is 0 Å². The van der Waals surface area contributed by atoms with E-state index in [4.69, 9.17) is 12.2 Å². The zero-order valence-electron chi connectivity index (χ0n) is 7.38. The predicted octanol–water partition coefficient (Wildman–Crippen LogP) is 1.70. The van der Waals surface area contributed by atoms with Crippen LogP contribution in [0, 0.1) is 0 Å². The summed E-state index contributed by atoms with van der Waals surface area (Å²) in [7, 11) is 0. The quantitative estimate of drug-likeness (QED) is 0.653. The summed E-state index contributed by atoms with van der Waals surface area (Å²) >= 11 is 4.94. The minimum absolute atomic E-state index is 0.00343. The first-order valence-corrected chi connectivity index (χ1v) is 4.61. The Labute approximate surface area is 87.1 Å². The Kier molecular flexibility index (Phi) is 2.37. The number of pyridine rings is 1. The van der Waals surface area contributed by atoms with Crippen LogP contribution in [-0.2, 0) is 4.79 Å².